The highest BCUT2D eigenvalue weighted by molar-refractivity contribution is 5.85. The summed E-state index contributed by atoms with van der Waals surface area (Å²) in [5, 5.41) is 6.09. The van der Waals surface area contributed by atoms with Crippen molar-refractivity contribution < 1.29 is 4.79 Å². The summed E-state index contributed by atoms with van der Waals surface area (Å²) in [5.74, 6) is -0.0792. The Hall–Kier alpha value is -0.320. The molecular formula is C9H20ClN3O. The SMILES string of the molecule is C[C@H](N)C(=O)NCC1NCC1(C)C.Cl. The predicted octanol–water partition coefficient (Wildman–Crippen LogP) is -0.130. The Labute approximate surface area is 91.4 Å². The van der Waals surface area contributed by atoms with Crippen LogP contribution in [0.5, 0.6) is 0 Å². The molecule has 1 amide bonds. The zero-order chi connectivity index (χ0) is 10.1. The van der Waals surface area contributed by atoms with E-state index in [1.54, 1.807) is 6.92 Å². The van der Waals surface area contributed by atoms with E-state index in [0.29, 0.717) is 18.0 Å². The fraction of sp³-hybridized carbons (Fsp3) is 0.889. The van der Waals surface area contributed by atoms with Gasteiger partial charge in [-0.1, -0.05) is 13.8 Å². The van der Waals surface area contributed by atoms with Crippen LogP contribution in [0.4, 0.5) is 0 Å². The van der Waals surface area contributed by atoms with Crippen LogP contribution in [0, 0.1) is 5.41 Å². The van der Waals surface area contributed by atoms with Crippen LogP contribution in [0.2, 0.25) is 0 Å². The number of rotatable bonds is 3. The lowest BCUT2D eigenvalue weighted by Crippen LogP contribution is -2.64. The van der Waals surface area contributed by atoms with Gasteiger partial charge in [0, 0.05) is 19.1 Å². The number of hydrogen-bond donors (Lipinski definition) is 3. The Kier molecular flexibility index (Phi) is 4.84. The van der Waals surface area contributed by atoms with E-state index in [0.717, 1.165) is 6.54 Å². The Balaban J connectivity index is 0.00000169. The van der Waals surface area contributed by atoms with E-state index in [1.165, 1.54) is 0 Å². The Morgan fingerprint density at radius 2 is 2.29 bits per heavy atom. The van der Waals surface area contributed by atoms with Gasteiger partial charge < -0.3 is 16.4 Å². The van der Waals surface area contributed by atoms with Crippen molar-refractivity contribution in [3.05, 3.63) is 0 Å². The van der Waals surface area contributed by atoms with Gasteiger partial charge in [0.2, 0.25) is 5.91 Å². The molecule has 1 aliphatic heterocycles. The molecule has 1 heterocycles. The first kappa shape index (κ1) is 13.7. The average molecular weight is 222 g/mol. The van der Waals surface area contributed by atoms with Crippen LogP contribution >= 0.6 is 12.4 Å². The maximum Gasteiger partial charge on any atom is 0.236 e. The van der Waals surface area contributed by atoms with Crippen LogP contribution in [0.3, 0.4) is 0 Å². The lowest BCUT2D eigenvalue weighted by molar-refractivity contribution is -0.122. The molecule has 1 fully saturated rings. The molecule has 0 saturated carbocycles. The highest BCUT2D eigenvalue weighted by atomic mass is 35.5. The fourth-order valence-corrected chi connectivity index (χ4v) is 1.37. The molecule has 0 aromatic heterocycles. The Morgan fingerprint density at radius 3 is 2.57 bits per heavy atom. The summed E-state index contributed by atoms with van der Waals surface area (Å²) >= 11 is 0. The monoisotopic (exact) mass is 221 g/mol. The summed E-state index contributed by atoms with van der Waals surface area (Å²) in [4.78, 5) is 11.1. The molecule has 0 aromatic carbocycles. The molecule has 14 heavy (non-hydrogen) atoms. The molecular weight excluding hydrogens is 202 g/mol. The van der Waals surface area contributed by atoms with Crippen molar-refractivity contribution in [3.63, 3.8) is 0 Å². The van der Waals surface area contributed by atoms with E-state index in [-0.39, 0.29) is 18.3 Å². The van der Waals surface area contributed by atoms with Crippen LogP contribution in [0.25, 0.3) is 0 Å². The van der Waals surface area contributed by atoms with Crippen molar-refractivity contribution in [1.82, 2.24) is 10.6 Å². The van der Waals surface area contributed by atoms with E-state index in [9.17, 15) is 4.79 Å². The zero-order valence-corrected chi connectivity index (χ0v) is 9.78. The standard InChI is InChI=1S/C9H19N3O.ClH/c1-6(10)8(13)11-4-7-9(2,3)5-12-7;/h6-7,12H,4-5,10H2,1-3H3,(H,11,13);1H/t6-,7?;/m0./s1. The molecule has 84 valence electrons. The van der Waals surface area contributed by atoms with Crippen molar-refractivity contribution in [2.75, 3.05) is 13.1 Å². The van der Waals surface area contributed by atoms with Gasteiger partial charge in [-0.15, -0.1) is 12.4 Å². The maximum absolute atomic E-state index is 11.1. The molecule has 0 bridgehead atoms. The summed E-state index contributed by atoms with van der Waals surface area (Å²) in [6.45, 7) is 7.76. The van der Waals surface area contributed by atoms with Crippen LogP contribution in [0.15, 0.2) is 0 Å². The van der Waals surface area contributed by atoms with Crippen molar-refractivity contribution >= 4 is 18.3 Å². The Bertz CT molecular complexity index is 206. The average Bonchev–Trinajstić information content (AvgIpc) is 2.02. The number of hydrogen-bond acceptors (Lipinski definition) is 3. The van der Waals surface area contributed by atoms with Gasteiger partial charge in [-0.25, -0.2) is 0 Å². The first-order valence-corrected chi connectivity index (χ1v) is 4.70. The van der Waals surface area contributed by atoms with Crippen molar-refractivity contribution in [1.29, 1.82) is 0 Å². The number of halogens is 1. The summed E-state index contributed by atoms with van der Waals surface area (Å²) < 4.78 is 0. The van der Waals surface area contributed by atoms with Gasteiger partial charge in [0.05, 0.1) is 6.04 Å². The number of nitrogens with two attached hydrogens (primary N) is 1. The normalized spacial score (nSPS) is 25.6. The predicted molar refractivity (Wildman–Crippen MR) is 59.5 cm³/mol. The second kappa shape index (κ2) is 4.96. The second-order valence-corrected chi connectivity index (χ2v) is 4.46. The van der Waals surface area contributed by atoms with E-state index < -0.39 is 6.04 Å². The molecule has 0 spiro atoms. The van der Waals surface area contributed by atoms with Crippen LogP contribution < -0.4 is 16.4 Å². The van der Waals surface area contributed by atoms with Crippen molar-refractivity contribution in [2.45, 2.75) is 32.9 Å². The third kappa shape index (κ3) is 3.12. The van der Waals surface area contributed by atoms with Crippen LogP contribution in [0.1, 0.15) is 20.8 Å². The highest BCUT2D eigenvalue weighted by Crippen LogP contribution is 2.26. The number of carbonyl (C=O) groups excluding carboxylic acids is 1. The van der Waals surface area contributed by atoms with Gasteiger partial charge >= 0.3 is 0 Å². The fourth-order valence-electron chi connectivity index (χ4n) is 1.37. The van der Waals surface area contributed by atoms with Crippen molar-refractivity contribution in [2.24, 2.45) is 11.1 Å². The Morgan fingerprint density at radius 1 is 1.71 bits per heavy atom. The minimum atomic E-state index is -0.414. The molecule has 1 aliphatic rings. The lowest BCUT2D eigenvalue weighted by atomic mass is 9.77. The molecule has 0 aliphatic carbocycles. The van der Waals surface area contributed by atoms with Gasteiger partial charge in [0.25, 0.3) is 0 Å². The molecule has 1 rings (SSSR count). The van der Waals surface area contributed by atoms with Gasteiger partial charge in [-0.2, -0.15) is 0 Å². The summed E-state index contributed by atoms with van der Waals surface area (Å²) in [6, 6.07) is -0.0293. The molecule has 1 unspecified atom stereocenters. The molecule has 0 radical (unpaired) electrons. The number of carbonyl (C=O) groups is 1. The largest absolute Gasteiger partial charge is 0.353 e. The zero-order valence-electron chi connectivity index (χ0n) is 8.96. The third-order valence-electron chi connectivity index (χ3n) is 2.64. The summed E-state index contributed by atoms with van der Waals surface area (Å²) in [7, 11) is 0. The molecule has 0 aromatic rings. The lowest BCUT2D eigenvalue weighted by Gasteiger charge is -2.45. The first-order valence-electron chi connectivity index (χ1n) is 4.70. The third-order valence-corrected chi connectivity index (χ3v) is 2.64. The van der Waals surface area contributed by atoms with Gasteiger partial charge in [0.1, 0.15) is 0 Å². The minimum absolute atomic E-state index is 0. The first-order chi connectivity index (χ1) is 5.93. The number of amides is 1. The topological polar surface area (TPSA) is 67.2 Å². The highest BCUT2D eigenvalue weighted by Gasteiger charge is 2.37. The van der Waals surface area contributed by atoms with Crippen LogP contribution in [-0.4, -0.2) is 31.1 Å². The van der Waals surface area contributed by atoms with E-state index >= 15 is 0 Å². The molecule has 4 nitrogen and oxygen atoms in total. The molecule has 1 saturated heterocycles. The molecule has 4 N–H and O–H groups in total. The summed E-state index contributed by atoms with van der Waals surface area (Å²) in [5.41, 5.74) is 5.71. The minimum Gasteiger partial charge on any atom is -0.353 e. The second-order valence-electron chi connectivity index (χ2n) is 4.46. The van der Waals surface area contributed by atoms with Crippen molar-refractivity contribution in [3.8, 4) is 0 Å². The van der Waals surface area contributed by atoms with E-state index in [1.807, 2.05) is 0 Å². The summed E-state index contributed by atoms with van der Waals surface area (Å²) in [6.07, 6.45) is 0. The van der Waals surface area contributed by atoms with E-state index in [4.69, 9.17) is 5.73 Å². The van der Waals surface area contributed by atoms with Gasteiger partial charge in [-0.3, -0.25) is 4.79 Å². The van der Waals surface area contributed by atoms with E-state index in [2.05, 4.69) is 24.5 Å². The smallest absolute Gasteiger partial charge is 0.236 e. The number of nitrogens with one attached hydrogen (secondary N) is 2. The quantitative estimate of drug-likeness (QED) is 0.622. The van der Waals surface area contributed by atoms with Crippen LogP contribution in [-0.2, 0) is 4.79 Å². The molecule has 2 atom stereocenters. The van der Waals surface area contributed by atoms with Gasteiger partial charge in [0.15, 0.2) is 0 Å². The van der Waals surface area contributed by atoms with Gasteiger partial charge in [-0.05, 0) is 12.3 Å². The molecule has 5 heteroatoms. The maximum atomic E-state index is 11.1.